The molecule has 1 aromatic carbocycles. The summed E-state index contributed by atoms with van der Waals surface area (Å²) in [6.07, 6.45) is 1.17. The van der Waals surface area contributed by atoms with Gasteiger partial charge in [0.05, 0.1) is 5.56 Å². The molecule has 0 saturated carbocycles. The third-order valence-corrected chi connectivity index (χ3v) is 4.42. The van der Waals surface area contributed by atoms with Crippen molar-refractivity contribution in [1.29, 1.82) is 0 Å². The second-order valence-corrected chi connectivity index (χ2v) is 6.23. The molecule has 1 unspecified atom stereocenters. The normalized spacial score (nSPS) is 21.4. The van der Waals surface area contributed by atoms with Gasteiger partial charge in [-0.25, -0.2) is 4.39 Å². The highest BCUT2D eigenvalue weighted by Gasteiger charge is 2.40. The zero-order chi connectivity index (χ0) is 16.0. The maximum Gasteiger partial charge on any atom is 0.258 e. The molecule has 0 bridgehead atoms. The van der Waals surface area contributed by atoms with E-state index in [-0.39, 0.29) is 23.3 Å². The van der Waals surface area contributed by atoms with Gasteiger partial charge in [-0.2, -0.15) is 0 Å². The molecule has 1 saturated heterocycles. The minimum atomic E-state index is -0.551. The van der Waals surface area contributed by atoms with Crippen molar-refractivity contribution < 1.29 is 14.0 Å². The molecule has 1 aromatic rings. The molecule has 0 aliphatic carbocycles. The van der Waals surface area contributed by atoms with E-state index in [1.54, 1.807) is 6.07 Å². The van der Waals surface area contributed by atoms with Crippen LogP contribution in [-0.2, 0) is 11.3 Å². The predicted molar refractivity (Wildman–Crippen MR) is 80.7 cm³/mol. The molecule has 1 atom stereocenters. The topological polar surface area (TPSA) is 49.4 Å². The van der Waals surface area contributed by atoms with Gasteiger partial charge in [-0.15, -0.1) is 0 Å². The van der Waals surface area contributed by atoms with Crippen molar-refractivity contribution in [2.75, 3.05) is 0 Å². The van der Waals surface area contributed by atoms with Crippen molar-refractivity contribution in [3.05, 3.63) is 46.9 Å². The second kappa shape index (κ2) is 5.23. The average molecular weight is 302 g/mol. The summed E-state index contributed by atoms with van der Waals surface area (Å²) in [5.41, 5.74) is 2.48. The van der Waals surface area contributed by atoms with Gasteiger partial charge in [-0.05, 0) is 36.0 Å². The summed E-state index contributed by atoms with van der Waals surface area (Å²) in [7, 11) is 0. The van der Waals surface area contributed by atoms with Crippen molar-refractivity contribution in [2.24, 2.45) is 0 Å². The van der Waals surface area contributed by atoms with E-state index in [0.717, 1.165) is 11.1 Å². The van der Waals surface area contributed by atoms with Gasteiger partial charge in [0.2, 0.25) is 5.91 Å². The average Bonchev–Trinajstić information content (AvgIpc) is 2.77. The summed E-state index contributed by atoms with van der Waals surface area (Å²) < 4.78 is 14.1. The van der Waals surface area contributed by atoms with Gasteiger partial charge in [0.25, 0.3) is 5.91 Å². The number of allylic oxidation sites excluding steroid dienone is 1. The summed E-state index contributed by atoms with van der Waals surface area (Å²) in [5, 5.41) is 2.68. The first kappa shape index (κ1) is 14.8. The lowest BCUT2D eigenvalue weighted by atomic mass is 9.94. The number of hydrogen-bond acceptors (Lipinski definition) is 2. The van der Waals surface area contributed by atoms with E-state index in [1.165, 1.54) is 11.0 Å². The molecule has 3 rings (SSSR count). The van der Waals surface area contributed by atoms with Crippen LogP contribution >= 0.6 is 0 Å². The zero-order valence-corrected chi connectivity index (χ0v) is 12.8. The standard InChI is InChI=1S/C17H19FN2O2/c1-9(2)11-5-6-13(18)15-12(11)8-20(17(15)22)14-7-4-10(3)19-16(14)21/h5-6,9,14H,3-4,7-8H2,1-2H3,(H,19,21). The Morgan fingerprint density at radius 1 is 1.36 bits per heavy atom. The Morgan fingerprint density at radius 3 is 2.73 bits per heavy atom. The van der Waals surface area contributed by atoms with Gasteiger partial charge in [0, 0.05) is 12.2 Å². The number of fused-ring (bicyclic) bond motifs is 1. The van der Waals surface area contributed by atoms with Crippen LogP contribution in [0.4, 0.5) is 4.39 Å². The Balaban J connectivity index is 1.97. The second-order valence-electron chi connectivity index (χ2n) is 6.23. The number of piperidine rings is 1. The van der Waals surface area contributed by atoms with Crippen molar-refractivity contribution in [3.63, 3.8) is 0 Å². The minimum Gasteiger partial charge on any atom is -0.329 e. The van der Waals surface area contributed by atoms with E-state index >= 15 is 0 Å². The van der Waals surface area contributed by atoms with E-state index in [1.807, 2.05) is 13.8 Å². The fraction of sp³-hybridized carbons (Fsp3) is 0.412. The monoisotopic (exact) mass is 302 g/mol. The van der Waals surface area contributed by atoms with Gasteiger partial charge in [-0.3, -0.25) is 9.59 Å². The molecular weight excluding hydrogens is 283 g/mol. The number of rotatable bonds is 2. The summed E-state index contributed by atoms with van der Waals surface area (Å²) >= 11 is 0. The molecule has 116 valence electrons. The minimum absolute atomic E-state index is 0.128. The largest absolute Gasteiger partial charge is 0.329 e. The lowest BCUT2D eigenvalue weighted by Gasteiger charge is -2.31. The quantitative estimate of drug-likeness (QED) is 0.913. The first-order chi connectivity index (χ1) is 10.4. The Kier molecular flexibility index (Phi) is 3.51. The van der Waals surface area contributed by atoms with Crippen LogP contribution in [0.5, 0.6) is 0 Å². The van der Waals surface area contributed by atoms with Crippen LogP contribution in [0.2, 0.25) is 0 Å². The molecule has 5 heteroatoms. The molecule has 1 N–H and O–H groups in total. The van der Waals surface area contributed by atoms with Crippen molar-refractivity contribution in [3.8, 4) is 0 Å². The highest BCUT2D eigenvalue weighted by Crippen LogP contribution is 2.34. The molecule has 1 fully saturated rings. The zero-order valence-electron chi connectivity index (χ0n) is 12.8. The lowest BCUT2D eigenvalue weighted by molar-refractivity contribution is -0.126. The molecule has 22 heavy (non-hydrogen) atoms. The lowest BCUT2D eigenvalue weighted by Crippen LogP contribution is -2.49. The van der Waals surface area contributed by atoms with Crippen LogP contribution in [0.3, 0.4) is 0 Å². The van der Waals surface area contributed by atoms with Crippen molar-refractivity contribution in [1.82, 2.24) is 10.2 Å². The maximum absolute atomic E-state index is 14.1. The Labute approximate surface area is 129 Å². The highest BCUT2D eigenvalue weighted by atomic mass is 19.1. The number of hydrogen-bond donors (Lipinski definition) is 1. The first-order valence-corrected chi connectivity index (χ1v) is 7.51. The van der Waals surface area contributed by atoms with Gasteiger partial charge in [0.15, 0.2) is 0 Å². The number of carbonyl (C=O) groups excluding carboxylic acids is 2. The van der Waals surface area contributed by atoms with Gasteiger partial charge in [-0.1, -0.05) is 26.5 Å². The van der Waals surface area contributed by atoms with E-state index in [9.17, 15) is 14.0 Å². The van der Waals surface area contributed by atoms with Gasteiger partial charge < -0.3 is 10.2 Å². The summed E-state index contributed by atoms with van der Waals surface area (Å²) in [5.74, 6) is -0.929. The number of amides is 2. The molecular formula is C17H19FN2O2. The fourth-order valence-corrected chi connectivity index (χ4v) is 3.27. The summed E-state index contributed by atoms with van der Waals surface area (Å²) in [6, 6.07) is 2.53. The van der Waals surface area contributed by atoms with Gasteiger partial charge >= 0.3 is 0 Å². The fourth-order valence-electron chi connectivity index (χ4n) is 3.27. The summed E-state index contributed by atoms with van der Waals surface area (Å²) in [6.45, 7) is 8.06. The van der Waals surface area contributed by atoms with Gasteiger partial charge in [0.1, 0.15) is 11.9 Å². The van der Waals surface area contributed by atoms with E-state index in [2.05, 4.69) is 11.9 Å². The maximum atomic E-state index is 14.1. The number of carbonyl (C=O) groups is 2. The first-order valence-electron chi connectivity index (χ1n) is 7.51. The molecule has 2 amide bonds. The molecule has 0 radical (unpaired) electrons. The number of nitrogens with one attached hydrogen (secondary N) is 1. The van der Waals surface area contributed by atoms with Crippen LogP contribution < -0.4 is 5.32 Å². The SMILES string of the molecule is C=C1CCC(N2Cc3c(C(C)C)ccc(F)c3C2=O)C(=O)N1. The van der Waals surface area contributed by atoms with E-state index in [4.69, 9.17) is 0 Å². The van der Waals surface area contributed by atoms with E-state index < -0.39 is 11.9 Å². The number of halogens is 1. The molecule has 4 nitrogen and oxygen atoms in total. The van der Waals surface area contributed by atoms with Crippen molar-refractivity contribution >= 4 is 11.8 Å². The number of nitrogens with zero attached hydrogens (tertiary/aromatic N) is 1. The van der Waals surface area contributed by atoms with Crippen LogP contribution in [0.15, 0.2) is 24.4 Å². The van der Waals surface area contributed by atoms with Crippen LogP contribution in [0.1, 0.15) is 54.1 Å². The Morgan fingerprint density at radius 2 is 2.09 bits per heavy atom. The van der Waals surface area contributed by atoms with Crippen molar-refractivity contribution in [2.45, 2.75) is 45.2 Å². The number of benzene rings is 1. The van der Waals surface area contributed by atoms with E-state index in [0.29, 0.717) is 25.1 Å². The van der Waals surface area contributed by atoms with Crippen LogP contribution in [-0.4, -0.2) is 22.8 Å². The summed E-state index contributed by atoms with van der Waals surface area (Å²) in [4.78, 5) is 26.2. The molecule has 0 aromatic heterocycles. The molecule has 2 aliphatic heterocycles. The molecule has 2 heterocycles. The predicted octanol–water partition coefficient (Wildman–Crippen LogP) is 2.70. The highest BCUT2D eigenvalue weighted by molar-refractivity contribution is 6.02. The third kappa shape index (κ3) is 2.21. The molecule has 2 aliphatic rings. The smallest absolute Gasteiger partial charge is 0.258 e. The Hall–Kier alpha value is -2.17. The molecule has 0 spiro atoms. The third-order valence-electron chi connectivity index (χ3n) is 4.42. The Bertz CT molecular complexity index is 681. The van der Waals surface area contributed by atoms with Crippen LogP contribution in [0.25, 0.3) is 0 Å². The van der Waals surface area contributed by atoms with Crippen LogP contribution in [0, 0.1) is 5.82 Å².